The third-order valence-electron chi connectivity index (χ3n) is 7.14. The van der Waals surface area contributed by atoms with Crippen molar-refractivity contribution in [3.8, 4) is 5.69 Å². The van der Waals surface area contributed by atoms with Gasteiger partial charge in [-0.05, 0) is 55.3 Å². The van der Waals surface area contributed by atoms with Crippen molar-refractivity contribution in [3.05, 3.63) is 81.8 Å². The van der Waals surface area contributed by atoms with E-state index in [1.54, 1.807) is 12.4 Å². The number of para-hydroxylation sites is 1. The van der Waals surface area contributed by atoms with Crippen LogP contribution >= 0.6 is 23.8 Å². The highest BCUT2D eigenvalue weighted by molar-refractivity contribution is 7.71. The number of halogens is 1. The van der Waals surface area contributed by atoms with Gasteiger partial charge in [-0.15, -0.1) is 0 Å². The summed E-state index contributed by atoms with van der Waals surface area (Å²) < 4.78 is 4.34. The van der Waals surface area contributed by atoms with Crippen LogP contribution in [0.5, 0.6) is 0 Å². The molecule has 0 unspecified atom stereocenters. The fourth-order valence-corrected chi connectivity index (χ4v) is 5.98. The molecule has 9 heteroatoms. The van der Waals surface area contributed by atoms with E-state index < -0.39 is 0 Å². The summed E-state index contributed by atoms with van der Waals surface area (Å²) in [5, 5.41) is 4.75. The van der Waals surface area contributed by atoms with Gasteiger partial charge in [0.2, 0.25) is 11.7 Å². The second-order valence-corrected chi connectivity index (χ2v) is 10.4. The zero-order valence-electron chi connectivity index (χ0n) is 19.1. The predicted molar refractivity (Wildman–Crippen MR) is 140 cm³/mol. The minimum absolute atomic E-state index is 0.365. The van der Waals surface area contributed by atoms with Crippen molar-refractivity contribution >= 4 is 52.3 Å². The molecule has 0 amide bonds. The smallest absolute Gasteiger partial charge is 0.229 e. The van der Waals surface area contributed by atoms with E-state index in [1.165, 1.54) is 24.0 Å². The van der Waals surface area contributed by atoms with Crippen molar-refractivity contribution in [1.29, 1.82) is 0 Å². The molecule has 3 aromatic heterocycles. The van der Waals surface area contributed by atoms with Crippen molar-refractivity contribution < 1.29 is 0 Å². The minimum Gasteiger partial charge on any atom is -0.324 e. The highest BCUT2D eigenvalue weighted by atomic mass is 35.5. The Morgan fingerprint density at radius 2 is 1.97 bits per heavy atom. The van der Waals surface area contributed by atoms with Gasteiger partial charge in [-0.3, -0.25) is 8.97 Å². The Labute approximate surface area is 212 Å². The molecule has 2 aromatic carbocycles. The lowest BCUT2D eigenvalue weighted by atomic mass is 9.87. The normalized spacial score (nSPS) is 16.6. The van der Waals surface area contributed by atoms with E-state index in [4.69, 9.17) is 28.8 Å². The fraction of sp³-hybridized carbons (Fsp3) is 0.231. The lowest BCUT2D eigenvalue weighted by Gasteiger charge is -2.32. The molecule has 0 saturated heterocycles. The fourth-order valence-electron chi connectivity index (χ4n) is 5.43. The van der Waals surface area contributed by atoms with Crippen LogP contribution in [-0.2, 0) is 12.0 Å². The van der Waals surface area contributed by atoms with Crippen molar-refractivity contribution in [2.45, 2.75) is 24.8 Å². The lowest BCUT2D eigenvalue weighted by molar-refractivity contribution is 0.271. The quantitative estimate of drug-likeness (QED) is 0.323. The molecule has 0 radical (unpaired) electrons. The summed E-state index contributed by atoms with van der Waals surface area (Å²) in [6.07, 6.45) is 7.94. The average Bonchev–Trinajstić information content (AvgIpc) is 3.42. The topological polar surface area (TPSA) is 63.3 Å². The predicted octanol–water partition coefficient (Wildman–Crippen LogP) is 5.67. The number of benzene rings is 2. The van der Waals surface area contributed by atoms with Crippen molar-refractivity contribution in [3.63, 3.8) is 0 Å². The van der Waals surface area contributed by atoms with Gasteiger partial charge < -0.3 is 10.2 Å². The van der Waals surface area contributed by atoms with E-state index in [2.05, 4.69) is 45.4 Å². The van der Waals surface area contributed by atoms with Crippen LogP contribution in [0.25, 0.3) is 22.5 Å². The van der Waals surface area contributed by atoms with Gasteiger partial charge in [0.05, 0.1) is 16.1 Å². The number of rotatable bonds is 3. The van der Waals surface area contributed by atoms with Crippen LogP contribution < -0.4 is 5.32 Å². The molecule has 35 heavy (non-hydrogen) atoms. The van der Waals surface area contributed by atoms with Crippen LogP contribution in [0.15, 0.2) is 61.1 Å². The molecule has 5 aromatic rings. The number of likely N-dealkylation sites (N-methyl/N-ethyl adjacent to an activating group) is 1. The number of aromatic nitrogens is 5. The monoisotopic (exact) mass is 499 g/mol. The molecule has 2 aliphatic rings. The number of fused-ring (bicyclic) bond motifs is 5. The van der Waals surface area contributed by atoms with Gasteiger partial charge >= 0.3 is 0 Å². The van der Waals surface area contributed by atoms with E-state index in [0.717, 1.165) is 29.9 Å². The molecule has 1 spiro atoms. The molecule has 7 rings (SSSR count). The first kappa shape index (κ1) is 21.0. The van der Waals surface area contributed by atoms with Crippen LogP contribution in [0.2, 0.25) is 5.02 Å². The molecule has 1 fully saturated rings. The number of nitrogens with one attached hydrogen (secondary N) is 1. The van der Waals surface area contributed by atoms with E-state index in [0.29, 0.717) is 32.5 Å². The highest BCUT2D eigenvalue weighted by Gasteiger charge is 2.48. The Morgan fingerprint density at radius 3 is 2.80 bits per heavy atom. The third kappa shape index (κ3) is 3.28. The number of hydrogen-bond donors (Lipinski definition) is 1. The molecule has 7 nitrogen and oxygen atoms in total. The van der Waals surface area contributed by atoms with Crippen LogP contribution in [0, 0.1) is 4.64 Å². The molecule has 1 aliphatic heterocycles. The van der Waals surface area contributed by atoms with E-state index in [-0.39, 0.29) is 0 Å². The van der Waals surface area contributed by atoms with Gasteiger partial charge in [-0.2, -0.15) is 4.98 Å². The lowest BCUT2D eigenvalue weighted by Crippen LogP contribution is -2.35. The van der Waals surface area contributed by atoms with Crippen LogP contribution in [-0.4, -0.2) is 42.4 Å². The molecular weight excluding hydrogens is 478 g/mol. The summed E-state index contributed by atoms with van der Waals surface area (Å²) in [5.74, 6) is 1.16. The van der Waals surface area contributed by atoms with Gasteiger partial charge in [0.1, 0.15) is 4.64 Å². The Bertz CT molecular complexity index is 1700. The van der Waals surface area contributed by atoms with Gasteiger partial charge in [0.15, 0.2) is 5.65 Å². The molecule has 0 bridgehead atoms. The average molecular weight is 500 g/mol. The van der Waals surface area contributed by atoms with E-state index in [1.807, 2.05) is 39.4 Å². The third-order valence-corrected chi connectivity index (χ3v) is 7.87. The Morgan fingerprint density at radius 1 is 1.11 bits per heavy atom. The maximum Gasteiger partial charge on any atom is 0.229 e. The van der Waals surface area contributed by atoms with Crippen molar-refractivity contribution in [2.75, 3.05) is 18.9 Å². The molecule has 0 atom stereocenters. The Hall–Kier alpha value is -3.33. The minimum atomic E-state index is 0.365. The van der Waals surface area contributed by atoms with Crippen molar-refractivity contribution in [1.82, 2.24) is 28.8 Å². The number of imidazole rings is 1. The summed E-state index contributed by atoms with van der Waals surface area (Å²) in [6.45, 7) is 2.11. The summed E-state index contributed by atoms with van der Waals surface area (Å²) in [7, 11) is 2.20. The zero-order chi connectivity index (χ0) is 23.7. The Balaban J connectivity index is 1.32. The van der Waals surface area contributed by atoms with Gasteiger partial charge in [-0.25, -0.2) is 9.97 Å². The van der Waals surface area contributed by atoms with E-state index in [9.17, 15) is 0 Å². The first-order valence-corrected chi connectivity index (χ1v) is 12.4. The number of hydrogen-bond acceptors (Lipinski definition) is 6. The van der Waals surface area contributed by atoms with Crippen LogP contribution in [0.4, 0.5) is 11.6 Å². The summed E-state index contributed by atoms with van der Waals surface area (Å²) in [4.78, 5) is 16.4. The van der Waals surface area contributed by atoms with E-state index >= 15 is 0 Å². The van der Waals surface area contributed by atoms with Gasteiger partial charge in [-0.1, -0.05) is 42.0 Å². The maximum absolute atomic E-state index is 6.50. The molecular formula is C26H22ClN7S. The molecule has 1 N–H and O–H groups in total. The SMILES string of the molecule is CN1Cc2cc(Nc3ncc4c(=S)n(-c5ccccc5Cl)c5nccn5c4n3)ccc2C2(CC2)C1. The van der Waals surface area contributed by atoms with Crippen LogP contribution in [0.1, 0.15) is 24.0 Å². The number of anilines is 2. The van der Waals surface area contributed by atoms with Crippen LogP contribution in [0.3, 0.4) is 0 Å². The molecule has 1 aliphatic carbocycles. The second kappa shape index (κ2) is 7.58. The summed E-state index contributed by atoms with van der Waals surface area (Å²) in [6, 6.07) is 14.2. The first-order chi connectivity index (χ1) is 17.0. The molecule has 4 heterocycles. The second-order valence-electron chi connectivity index (χ2n) is 9.57. The zero-order valence-corrected chi connectivity index (χ0v) is 20.6. The first-order valence-electron chi connectivity index (χ1n) is 11.6. The summed E-state index contributed by atoms with van der Waals surface area (Å²) in [5.41, 5.74) is 5.69. The van der Waals surface area contributed by atoms with Crippen molar-refractivity contribution in [2.24, 2.45) is 0 Å². The van der Waals surface area contributed by atoms with Gasteiger partial charge in [0.25, 0.3) is 0 Å². The Kier molecular flexibility index (Phi) is 4.55. The largest absolute Gasteiger partial charge is 0.324 e. The summed E-state index contributed by atoms with van der Waals surface area (Å²) >= 11 is 12.4. The maximum atomic E-state index is 6.50. The number of nitrogens with zero attached hydrogens (tertiary/aromatic N) is 6. The molecule has 174 valence electrons. The van der Waals surface area contributed by atoms with Gasteiger partial charge in [0, 0.05) is 42.8 Å². The molecule has 1 saturated carbocycles. The highest BCUT2D eigenvalue weighted by Crippen LogP contribution is 2.52. The standard InChI is InChI=1S/C26H22ClN7S/c1-32-14-16-12-17(6-7-19(16)26(15-32)8-9-26)30-24-29-13-18-22(31-24)33-11-10-28-25(33)34(23(18)35)21-5-3-2-4-20(21)27/h2-7,10-13H,8-9,14-15H2,1H3,(H,29,30,31).